The molecule has 1 saturated heterocycles. The summed E-state index contributed by atoms with van der Waals surface area (Å²) in [6, 6.07) is 19.4. The summed E-state index contributed by atoms with van der Waals surface area (Å²) < 4.78 is 0. The van der Waals surface area contributed by atoms with Gasteiger partial charge < -0.3 is 0 Å². The van der Waals surface area contributed by atoms with Gasteiger partial charge in [0.2, 0.25) is 0 Å². The van der Waals surface area contributed by atoms with E-state index in [4.69, 9.17) is 0 Å². The van der Waals surface area contributed by atoms with Gasteiger partial charge in [-0.3, -0.25) is 6.08 Å². The molecule has 0 saturated carbocycles. The Hall–Kier alpha value is -1.11. The fourth-order valence-electron chi connectivity index (χ4n) is 3.65. The van der Waals surface area contributed by atoms with E-state index in [-0.39, 0.29) is 10.8 Å². The second-order valence-electron chi connectivity index (χ2n) is 10.7. The summed E-state index contributed by atoms with van der Waals surface area (Å²) in [5.74, 6) is 0. The van der Waals surface area contributed by atoms with Crippen LogP contribution in [0.25, 0.3) is 21.5 Å². The number of fused-ring (bicyclic) bond motifs is 3. The molecule has 5 rings (SSSR count). The van der Waals surface area contributed by atoms with Crippen LogP contribution in [0.15, 0.2) is 60.7 Å². The molecule has 0 spiro atoms. The van der Waals surface area contributed by atoms with Crippen LogP contribution in [0.2, 0.25) is 12.1 Å². The molecule has 160 valence electrons. The molecule has 3 aromatic carbocycles. The molecule has 2 heteroatoms. The van der Waals surface area contributed by atoms with Crippen LogP contribution in [0.3, 0.4) is 0 Å². The van der Waals surface area contributed by atoms with Crippen molar-refractivity contribution in [1.82, 2.24) is 0 Å². The van der Waals surface area contributed by atoms with Crippen LogP contribution >= 0.6 is 0 Å². The third-order valence-corrected chi connectivity index (χ3v) is 11.6. The van der Waals surface area contributed by atoms with Gasteiger partial charge in [0.15, 0.2) is 0 Å². The van der Waals surface area contributed by atoms with Crippen LogP contribution in [0.4, 0.5) is 0 Å². The van der Waals surface area contributed by atoms with Crippen molar-refractivity contribution in [1.29, 1.82) is 0 Å². The molecule has 31 heavy (non-hydrogen) atoms. The van der Waals surface area contributed by atoms with Crippen LogP contribution in [-0.2, 0) is 34.2 Å². The van der Waals surface area contributed by atoms with Crippen molar-refractivity contribution in [3.63, 3.8) is 0 Å². The van der Waals surface area contributed by atoms with E-state index < -0.39 is 0 Å². The Labute approximate surface area is 204 Å². The molecule has 0 aromatic heterocycles. The van der Waals surface area contributed by atoms with Crippen molar-refractivity contribution >= 4 is 27.0 Å². The molecule has 0 amide bonds. The second-order valence-corrected chi connectivity index (χ2v) is 18.1. The van der Waals surface area contributed by atoms with Gasteiger partial charge in [-0.1, -0.05) is 76.9 Å². The molecule has 1 aliphatic carbocycles. The Kier molecular flexibility index (Phi) is 8.09. The zero-order valence-electron chi connectivity index (χ0n) is 20.1. The number of hydrogen-bond donors (Lipinski definition) is 0. The van der Waals surface area contributed by atoms with E-state index in [1.54, 1.807) is 18.5 Å². The average molecular weight is 504 g/mol. The molecule has 1 aliphatic heterocycles. The predicted octanol–water partition coefficient (Wildman–Crippen LogP) is 8.54. The van der Waals surface area contributed by atoms with E-state index in [2.05, 4.69) is 96.2 Å². The molecule has 0 radical (unpaired) electrons. The summed E-state index contributed by atoms with van der Waals surface area (Å²) in [5.41, 5.74) is 3.61. The van der Waals surface area contributed by atoms with E-state index in [9.17, 15) is 0 Å². The first kappa shape index (κ1) is 24.5. The van der Waals surface area contributed by atoms with Crippen molar-refractivity contribution in [3.05, 3.63) is 77.9 Å². The summed E-state index contributed by atoms with van der Waals surface area (Å²) in [6.07, 6.45) is 11.6. The third kappa shape index (κ3) is 6.69. The SMILES string of the molecule is CC(C)(C)c1ccc2c(c1)[cH-]c1cc(C(C)(C)C)ccc12.[C-]1=CC=CC1.[Zr+2]=[Si]1CCC1. The number of benzene rings is 2. The second kappa shape index (κ2) is 10.2. The van der Waals surface area contributed by atoms with Gasteiger partial charge in [-0.05, 0) is 10.8 Å². The first-order valence-electron chi connectivity index (χ1n) is 11.5. The Morgan fingerprint density at radius 3 is 1.58 bits per heavy atom. The maximum absolute atomic E-state index is 2.99. The molecule has 3 aromatic rings. The van der Waals surface area contributed by atoms with Gasteiger partial charge in [0, 0.05) is 0 Å². The number of allylic oxidation sites excluding steroid dienone is 4. The summed E-state index contributed by atoms with van der Waals surface area (Å²) >= 11 is 1.86. The standard InChI is InChI=1S/C21H25.C5H5.C3H6Si.Zr/c1-20(2,3)16-7-9-18-14(12-16)11-15-13-17(21(4,5)6)8-10-19(15)18;1-2-4-5-3-1;1-2-4-3-1;/h7-13H,1-6H3;1-3H,4H2;1-3H2;/q2*-1;;+2. The molecular weight excluding hydrogens is 468 g/mol. The van der Waals surface area contributed by atoms with Crippen LogP contribution in [0.1, 0.15) is 65.5 Å². The molecule has 0 atom stereocenters. The van der Waals surface area contributed by atoms with Gasteiger partial charge in [-0.25, -0.2) is 12.2 Å². The van der Waals surface area contributed by atoms with Gasteiger partial charge >= 0.3 is 47.3 Å². The summed E-state index contributed by atoms with van der Waals surface area (Å²) in [6.45, 7) is 13.6. The van der Waals surface area contributed by atoms with Crippen molar-refractivity contribution < 1.29 is 23.3 Å². The maximum atomic E-state index is 2.99. The Balaban J connectivity index is 0.000000221. The average Bonchev–Trinajstić information content (AvgIpc) is 3.35. The quantitative estimate of drug-likeness (QED) is 0.213. The number of rotatable bonds is 0. The van der Waals surface area contributed by atoms with Crippen molar-refractivity contribution in [3.8, 4) is 0 Å². The van der Waals surface area contributed by atoms with E-state index in [0.717, 1.165) is 6.42 Å². The minimum absolute atomic E-state index is 0.203. The van der Waals surface area contributed by atoms with Crippen LogP contribution < -0.4 is 0 Å². The fraction of sp³-hybridized carbons (Fsp3) is 0.414. The van der Waals surface area contributed by atoms with Gasteiger partial charge in [-0.2, -0.15) is 6.08 Å². The van der Waals surface area contributed by atoms with Crippen molar-refractivity contribution in [2.45, 2.75) is 77.3 Å². The fourth-order valence-corrected chi connectivity index (χ4v) is 6.96. The number of hydrogen-bond acceptors (Lipinski definition) is 0. The van der Waals surface area contributed by atoms with Crippen LogP contribution in [0.5, 0.6) is 0 Å². The summed E-state index contributed by atoms with van der Waals surface area (Å²) in [5, 5.41) is 5.48. The van der Waals surface area contributed by atoms with Crippen molar-refractivity contribution in [2.75, 3.05) is 0 Å². The normalized spacial score (nSPS) is 15.4. The van der Waals surface area contributed by atoms with E-state index in [0.29, 0.717) is 5.43 Å². The van der Waals surface area contributed by atoms with E-state index >= 15 is 0 Å². The van der Waals surface area contributed by atoms with Crippen LogP contribution in [-0.4, -0.2) is 5.43 Å². The van der Waals surface area contributed by atoms with Gasteiger partial charge in [0.1, 0.15) is 0 Å². The Morgan fingerprint density at radius 1 is 0.839 bits per heavy atom. The van der Waals surface area contributed by atoms with E-state index in [1.165, 1.54) is 32.7 Å². The molecule has 0 bridgehead atoms. The van der Waals surface area contributed by atoms with Gasteiger partial charge in [0.05, 0.1) is 0 Å². The Bertz CT molecular complexity index is 1030. The predicted molar refractivity (Wildman–Crippen MR) is 136 cm³/mol. The summed E-state index contributed by atoms with van der Waals surface area (Å²) in [4.78, 5) is 0. The molecule has 0 nitrogen and oxygen atoms in total. The zero-order chi connectivity index (χ0) is 22.6. The molecule has 1 fully saturated rings. The molecule has 0 N–H and O–H groups in total. The van der Waals surface area contributed by atoms with E-state index in [1.807, 2.05) is 35.5 Å². The zero-order valence-corrected chi connectivity index (χ0v) is 23.6. The topological polar surface area (TPSA) is 0 Å². The minimum atomic E-state index is 0.203. The first-order valence-corrected chi connectivity index (χ1v) is 17.1. The van der Waals surface area contributed by atoms with Gasteiger partial charge in [0.25, 0.3) is 0 Å². The third-order valence-electron chi connectivity index (χ3n) is 5.98. The summed E-state index contributed by atoms with van der Waals surface area (Å²) in [7, 11) is 0. The van der Waals surface area contributed by atoms with Crippen molar-refractivity contribution in [2.24, 2.45) is 0 Å². The first-order chi connectivity index (χ1) is 14.6. The van der Waals surface area contributed by atoms with Gasteiger partial charge in [-0.15, -0.1) is 46.2 Å². The molecule has 2 aliphatic rings. The monoisotopic (exact) mass is 502 g/mol. The molecular formula is C29H36SiZr. The molecule has 0 unspecified atom stereocenters. The Morgan fingerprint density at radius 2 is 1.32 bits per heavy atom. The van der Waals surface area contributed by atoms with Crippen LogP contribution in [0, 0.1) is 6.08 Å². The molecule has 1 heterocycles.